The number of aryl methyl sites for hydroxylation is 1. The van der Waals surface area contributed by atoms with Crippen molar-refractivity contribution in [3.63, 3.8) is 0 Å². The van der Waals surface area contributed by atoms with Gasteiger partial charge in [0.15, 0.2) is 5.11 Å². The molecule has 0 unspecified atom stereocenters. The lowest BCUT2D eigenvalue weighted by molar-refractivity contribution is -0.137. The molecule has 2 N–H and O–H groups in total. The number of halogens is 3. The van der Waals surface area contributed by atoms with E-state index < -0.39 is 27.8 Å². The Morgan fingerprint density at radius 1 is 0.975 bits per heavy atom. The highest BCUT2D eigenvalue weighted by Crippen LogP contribution is 2.44. The van der Waals surface area contributed by atoms with Crippen LogP contribution in [0.25, 0.3) is 5.69 Å². The maximum Gasteiger partial charge on any atom is 0.416 e. The summed E-state index contributed by atoms with van der Waals surface area (Å²) in [6.07, 6.45) is -1.69. The SMILES string of the molecule is Cc1cc([C@@H]2[C@@H](c3ccccn3)NC(=S)N2c2ccc(NS(C)(=O)=O)cc2)c(C)n1-c1cccc(C(F)(F)F)c1. The van der Waals surface area contributed by atoms with Crippen molar-refractivity contribution in [1.82, 2.24) is 14.9 Å². The largest absolute Gasteiger partial charge is 0.416 e. The van der Waals surface area contributed by atoms with Gasteiger partial charge in [-0.2, -0.15) is 13.2 Å². The van der Waals surface area contributed by atoms with Crippen molar-refractivity contribution >= 4 is 38.7 Å². The Bertz CT molecular complexity index is 1670. The number of nitrogens with one attached hydrogen (secondary N) is 2. The number of nitrogens with zero attached hydrogens (tertiary/aromatic N) is 3. The molecule has 12 heteroatoms. The van der Waals surface area contributed by atoms with Crippen LogP contribution in [0, 0.1) is 13.8 Å². The smallest absolute Gasteiger partial charge is 0.351 e. The fourth-order valence-electron chi connectivity index (χ4n) is 5.16. The molecule has 5 rings (SSSR count). The maximum atomic E-state index is 13.5. The van der Waals surface area contributed by atoms with Crippen LogP contribution in [0.1, 0.15) is 40.3 Å². The molecule has 0 spiro atoms. The number of pyridine rings is 1. The molecule has 3 heterocycles. The molecule has 2 atom stereocenters. The van der Waals surface area contributed by atoms with Gasteiger partial charge in [0.1, 0.15) is 0 Å². The Kier molecular flexibility index (Phi) is 7.09. The maximum absolute atomic E-state index is 13.5. The van der Waals surface area contributed by atoms with Gasteiger partial charge < -0.3 is 14.8 Å². The first-order valence-corrected chi connectivity index (χ1v) is 14.6. The third kappa shape index (κ3) is 5.41. The fraction of sp³-hybridized carbons (Fsp3) is 0.214. The van der Waals surface area contributed by atoms with Gasteiger partial charge in [0.05, 0.1) is 29.6 Å². The van der Waals surface area contributed by atoms with E-state index in [0.717, 1.165) is 41.0 Å². The zero-order valence-electron chi connectivity index (χ0n) is 21.8. The van der Waals surface area contributed by atoms with E-state index in [1.807, 2.05) is 43.0 Å². The van der Waals surface area contributed by atoms with E-state index in [1.165, 1.54) is 6.07 Å². The van der Waals surface area contributed by atoms with Crippen molar-refractivity contribution in [1.29, 1.82) is 0 Å². The van der Waals surface area contributed by atoms with Crippen molar-refractivity contribution in [2.24, 2.45) is 0 Å². The summed E-state index contributed by atoms with van der Waals surface area (Å²) < 4.78 is 68.1. The van der Waals surface area contributed by atoms with Crippen LogP contribution in [0.2, 0.25) is 0 Å². The zero-order chi connectivity index (χ0) is 28.8. The van der Waals surface area contributed by atoms with Crippen molar-refractivity contribution in [3.8, 4) is 5.69 Å². The average molecular weight is 586 g/mol. The Morgan fingerprint density at radius 3 is 2.33 bits per heavy atom. The highest BCUT2D eigenvalue weighted by atomic mass is 32.2. The van der Waals surface area contributed by atoms with Gasteiger partial charge >= 0.3 is 6.18 Å². The van der Waals surface area contributed by atoms with Crippen molar-refractivity contribution in [2.75, 3.05) is 15.9 Å². The van der Waals surface area contributed by atoms with E-state index in [-0.39, 0.29) is 6.04 Å². The minimum Gasteiger partial charge on any atom is -0.351 e. The third-order valence-electron chi connectivity index (χ3n) is 6.77. The van der Waals surface area contributed by atoms with E-state index in [9.17, 15) is 21.6 Å². The van der Waals surface area contributed by atoms with Crippen LogP contribution in [-0.2, 0) is 16.2 Å². The van der Waals surface area contributed by atoms with E-state index >= 15 is 0 Å². The molecule has 7 nitrogen and oxygen atoms in total. The van der Waals surface area contributed by atoms with Gasteiger partial charge in [-0.25, -0.2) is 8.42 Å². The Labute approximate surface area is 235 Å². The van der Waals surface area contributed by atoms with Crippen LogP contribution < -0.4 is 14.9 Å². The van der Waals surface area contributed by atoms with Gasteiger partial charge in [-0.1, -0.05) is 12.1 Å². The summed E-state index contributed by atoms with van der Waals surface area (Å²) in [5.41, 5.74) is 3.92. The number of alkyl halides is 3. The minimum absolute atomic E-state index is 0.363. The number of rotatable bonds is 6. The second-order valence-electron chi connectivity index (χ2n) is 9.63. The van der Waals surface area contributed by atoms with E-state index in [1.54, 1.807) is 41.1 Å². The van der Waals surface area contributed by atoms with Gasteiger partial charge in [0.25, 0.3) is 0 Å². The van der Waals surface area contributed by atoms with Gasteiger partial charge in [-0.3, -0.25) is 9.71 Å². The predicted molar refractivity (Wildman–Crippen MR) is 153 cm³/mol. The molecule has 1 aliphatic heterocycles. The van der Waals surface area contributed by atoms with Gasteiger partial charge in [0.2, 0.25) is 10.0 Å². The lowest BCUT2D eigenvalue weighted by Gasteiger charge is -2.28. The van der Waals surface area contributed by atoms with Crippen molar-refractivity contribution < 1.29 is 21.6 Å². The molecule has 0 saturated carbocycles. The van der Waals surface area contributed by atoms with Crippen LogP contribution in [0.5, 0.6) is 0 Å². The second kappa shape index (κ2) is 10.3. The Hall–Kier alpha value is -3.90. The number of benzene rings is 2. The minimum atomic E-state index is -4.46. The monoisotopic (exact) mass is 585 g/mol. The molecule has 0 amide bonds. The van der Waals surface area contributed by atoms with Gasteiger partial charge in [-0.05, 0) is 92.3 Å². The topological polar surface area (TPSA) is 79.3 Å². The summed E-state index contributed by atoms with van der Waals surface area (Å²) in [7, 11) is -3.45. The molecule has 0 aliphatic carbocycles. The zero-order valence-corrected chi connectivity index (χ0v) is 23.4. The summed E-state index contributed by atoms with van der Waals surface area (Å²) in [6.45, 7) is 3.72. The molecule has 1 aliphatic rings. The highest BCUT2D eigenvalue weighted by molar-refractivity contribution is 7.92. The second-order valence-corrected chi connectivity index (χ2v) is 11.8. The Morgan fingerprint density at radius 2 is 1.70 bits per heavy atom. The van der Waals surface area contributed by atoms with E-state index in [2.05, 4.69) is 15.0 Å². The summed E-state index contributed by atoms with van der Waals surface area (Å²) >= 11 is 5.78. The first-order valence-electron chi connectivity index (χ1n) is 12.3. The quantitative estimate of drug-likeness (QED) is 0.268. The summed E-state index contributed by atoms with van der Waals surface area (Å²) in [6, 6.07) is 18.9. The number of hydrogen-bond donors (Lipinski definition) is 2. The first-order chi connectivity index (χ1) is 18.8. The van der Waals surface area contributed by atoms with Crippen LogP contribution in [0.3, 0.4) is 0 Å². The number of thiocarbonyl (C=S) groups is 1. The number of aromatic nitrogens is 2. The third-order valence-corrected chi connectivity index (χ3v) is 7.69. The molecule has 40 heavy (non-hydrogen) atoms. The molecule has 4 aromatic rings. The van der Waals surface area contributed by atoms with E-state index in [0.29, 0.717) is 22.2 Å². The predicted octanol–water partition coefficient (Wildman–Crippen LogP) is 6.06. The summed E-state index contributed by atoms with van der Waals surface area (Å²) in [5.74, 6) is 0. The molecule has 0 radical (unpaired) electrons. The fourth-order valence-corrected chi connectivity index (χ4v) is 6.07. The summed E-state index contributed by atoms with van der Waals surface area (Å²) in [4.78, 5) is 6.48. The molecule has 208 valence electrons. The number of sulfonamides is 1. The van der Waals surface area contributed by atoms with E-state index in [4.69, 9.17) is 12.2 Å². The normalized spacial score (nSPS) is 17.6. The first kappa shape index (κ1) is 27.7. The molecular weight excluding hydrogens is 559 g/mol. The van der Waals surface area contributed by atoms with Gasteiger partial charge in [0, 0.05) is 34.6 Å². The van der Waals surface area contributed by atoms with Crippen LogP contribution in [0.4, 0.5) is 24.5 Å². The molecule has 1 saturated heterocycles. The number of anilines is 2. The average Bonchev–Trinajstić information content (AvgIpc) is 3.38. The Balaban J connectivity index is 1.63. The standard InChI is InChI=1S/C28H26F3N5O2S2/c1-17-15-23(18(2)35(17)22-8-6-7-19(16-22)28(29,30)31)26-25(24-9-4-5-14-32-24)33-27(39)36(26)21-12-10-20(11-13-21)34-40(3,37)38/h4-16,25-26,34H,1-3H3,(H,33,39)/t25-,26-/m1/s1. The van der Waals surface area contributed by atoms with Gasteiger partial charge in [-0.15, -0.1) is 0 Å². The number of hydrogen-bond acceptors (Lipinski definition) is 4. The molecular formula is C28H26F3N5O2S2. The van der Waals surface area contributed by atoms with Crippen molar-refractivity contribution in [3.05, 3.63) is 107 Å². The molecule has 2 aromatic heterocycles. The van der Waals surface area contributed by atoms with Crippen LogP contribution in [-0.4, -0.2) is 29.3 Å². The summed E-state index contributed by atoms with van der Waals surface area (Å²) in [5, 5.41) is 3.81. The van der Waals surface area contributed by atoms with Crippen molar-refractivity contribution in [2.45, 2.75) is 32.1 Å². The van der Waals surface area contributed by atoms with Crippen LogP contribution >= 0.6 is 12.2 Å². The lowest BCUT2D eigenvalue weighted by atomic mass is 9.96. The highest BCUT2D eigenvalue weighted by Gasteiger charge is 2.42. The van der Waals surface area contributed by atoms with Crippen LogP contribution in [0.15, 0.2) is 79.0 Å². The molecule has 2 aromatic carbocycles. The lowest BCUT2D eigenvalue weighted by Crippen LogP contribution is -2.29. The molecule has 1 fully saturated rings. The molecule has 0 bridgehead atoms.